The fourth-order valence-corrected chi connectivity index (χ4v) is 5.14. The molecule has 0 fully saturated rings. The Morgan fingerprint density at radius 3 is 2.56 bits per heavy atom. The van der Waals surface area contributed by atoms with E-state index in [1.807, 2.05) is 0 Å². The summed E-state index contributed by atoms with van der Waals surface area (Å²) in [5.41, 5.74) is 3.04. The summed E-state index contributed by atoms with van der Waals surface area (Å²) in [6, 6.07) is 2.12. The summed E-state index contributed by atoms with van der Waals surface area (Å²) in [7, 11) is 0. The van der Waals surface area contributed by atoms with E-state index < -0.39 is 0 Å². The first-order valence-electron chi connectivity index (χ1n) is 11.2. The average molecular weight is 366 g/mol. The smallest absolute Gasteiger partial charge is 0.0284 e. The van der Waals surface area contributed by atoms with Gasteiger partial charge < -0.3 is 0 Å². The van der Waals surface area contributed by atoms with Crippen molar-refractivity contribution in [2.45, 2.75) is 96.2 Å². The summed E-state index contributed by atoms with van der Waals surface area (Å²) in [5, 5.41) is 0. The number of hydrogen-bond donors (Lipinski definition) is 0. The minimum absolute atomic E-state index is 0.529. The summed E-state index contributed by atoms with van der Waals surface area (Å²) >= 11 is 0. The van der Waals surface area contributed by atoms with Crippen LogP contribution < -0.4 is 0 Å². The maximum atomic E-state index is 4.12. The molecule has 0 spiro atoms. The van der Waals surface area contributed by atoms with Crippen molar-refractivity contribution in [1.82, 2.24) is 4.90 Å². The molecule has 4 atom stereocenters. The Morgan fingerprint density at radius 1 is 1.11 bits per heavy atom. The predicted molar refractivity (Wildman–Crippen MR) is 119 cm³/mol. The molecule has 0 bridgehead atoms. The standard InChI is InChI=1S/C26H39N/c1-4-22(16-15-21(2)3)23-17-19-26(20-18-23)27(24-11-7-5-8-12-24)25-13-9-6-10-14-25/h4-5,7,9,13,15,17,22,24-26H,1,6,8,10-12,14,16,18-20H2,2-3H3. The lowest BCUT2D eigenvalue weighted by Gasteiger charge is -2.45. The van der Waals surface area contributed by atoms with Crippen LogP contribution in [0.3, 0.4) is 0 Å². The molecule has 1 nitrogen and oxygen atoms in total. The lowest BCUT2D eigenvalue weighted by atomic mass is 9.82. The molecule has 4 unspecified atom stereocenters. The maximum absolute atomic E-state index is 4.12. The van der Waals surface area contributed by atoms with Crippen LogP contribution in [0.2, 0.25) is 0 Å². The average Bonchev–Trinajstić information content (AvgIpc) is 2.71. The van der Waals surface area contributed by atoms with Crippen LogP contribution in [-0.4, -0.2) is 23.0 Å². The number of nitrogens with zero attached hydrogens (tertiary/aromatic N) is 1. The van der Waals surface area contributed by atoms with Crippen molar-refractivity contribution in [2.24, 2.45) is 5.92 Å². The zero-order valence-corrected chi connectivity index (χ0v) is 17.6. The van der Waals surface area contributed by atoms with Crippen molar-refractivity contribution in [3.05, 3.63) is 60.3 Å². The molecule has 0 aromatic heterocycles. The van der Waals surface area contributed by atoms with E-state index >= 15 is 0 Å². The number of rotatable bonds is 7. The third kappa shape index (κ3) is 5.57. The highest BCUT2D eigenvalue weighted by Crippen LogP contribution is 2.35. The van der Waals surface area contributed by atoms with E-state index in [9.17, 15) is 0 Å². The van der Waals surface area contributed by atoms with Crippen LogP contribution in [0.15, 0.2) is 60.3 Å². The molecule has 0 N–H and O–H groups in total. The summed E-state index contributed by atoms with van der Waals surface area (Å²) in [6.07, 6.45) is 29.6. The summed E-state index contributed by atoms with van der Waals surface area (Å²) < 4.78 is 0. The zero-order chi connectivity index (χ0) is 19.1. The van der Waals surface area contributed by atoms with Crippen molar-refractivity contribution in [3.8, 4) is 0 Å². The van der Waals surface area contributed by atoms with E-state index in [-0.39, 0.29) is 0 Å². The lowest BCUT2D eigenvalue weighted by Crippen LogP contribution is -2.50. The molecule has 3 aliphatic rings. The van der Waals surface area contributed by atoms with Gasteiger partial charge in [0.2, 0.25) is 0 Å². The molecule has 0 aromatic carbocycles. The highest BCUT2D eigenvalue weighted by Gasteiger charge is 2.33. The van der Waals surface area contributed by atoms with Gasteiger partial charge in [0.15, 0.2) is 0 Å². The topological polar surface area (TPSA) is 3.24 Å². The highest BCUT2D eigenvalue weighted by molar-refractivity contribution is 5.19. The fourth-order valence-electron chi connectivity index (χ4n) is 5.14. The highest BCUT2D eigenvalue weighted by atomic mass is 15.2. The van der Waals surface area contributed by atoms with Gasteiger partial charge in [0.1, 0.15) is 0 Å². The molecule has 3 rings (SSSR count). The Morgan fingerprint density at radius 2 is 1.96 bits per heavy atom. The van der Waals surface area contributed by atoms with Crippen LogP contribution >= 0.6 is 0 Å². The Labute approximate surface area is 167 Å². The Hall–Kier alpha value is -1.34. The van der Waals surface area contributed by atoms with Gasteiger partial charge in [-0.15, -0.1) is 6.58 Å². The molecule has 0 radical (unpaired) electrons. The molecule has 0 heterocycles. The molecule has 0 saturated carbocycles. The third-order valence-electron chi connectivity index (χ3n) is 6.66. The van der Waals surface area contributed by atoms with Crippen LogP contribution in [0.1, 0.15) is 78.1 Å². The van der Waals surface area contributed by atoms with Gasteiger partial charge in [-0.25, -0.2) is 0 Å². The SMILES string of the molecule is C=CC(CC=C(C)C)C1=CCC(N(C2C=CCCC2)C2CC=CCC2)CC1. The van der Waals surface area contributed by atoms with Crippen LogP contribution in [-0.2, 0) is 0 Å². The van der Waals surface area contributed by atoms with Gasteiger partial charge in [0, 0.05) is 24.0 Å². The molecule has 148 valence electrons. The first-order valence-corrected chi connectivity index (χ1v) is 11.2. The molecule has 1 heteroatoms. The predicted octanol–water partition coefficient (Wildman–Crippen LogP) is 7.14. The number of hydrogen-bond acceptors (Lipinski definition) is 1. The van der Waals surface area contributed by atoms with E-state index in [1.54, 1.807) is 5.57 Å². The molecule has 3 aliphatic carbocycles. The maximum Gasteiger partial charge on any atom is 0.0284 e. The van der Waals surface area contributed by atoms with Gasteiger partial charge in [-0.3, -0.25) is 4.90 Å². The van der Waals surface area contributed by atoms with Crippen molar-refractivity contribution < 1.29 is 0 Å². The largest absolute Gasteiger partial charge is 0.290 e. The Kier molecular flexibility index (Phi) is 7.76. The van der Waals surface area contributed by atoms with Gasteiger partial charge in [-0.1, -0.05) is 53.7 Å². The summed E-state index contributed by atoms with van der Waals surface area (Å²) in [5.74, 6) is 0.529. The minimum atomic E-state index is 0.529. The molecular formula is C26H39N. The quantitative estimate of drug-likeness (QED) is 0.433. The van der Waals surface area contributed by atoms with Crippen LogP contribution in [0.25, 0.3) is 0 Å². The van der Waals surface area contributed by atoms with Crippen molar-refractivity contribution >= 4 is 0 Å². The second kappa shape index (κ2) is 10.3. The molecule has 0 amide bonds. The van der Waals surface area contributed by atoms with Gasteiger partial charge in [0.25, 0.3) is 0 Å². The summed E-state index contributed by atoms with van der Waals surface area (Å²) in [6.45, 7) is 8.51. The van der Waals surface area contributed by atoms with Gasteiger partial charge in [-0.05, 0) is 78.1 Å². The van der Waals surface area contributed by atoms with E-state index in [4.69, 9.17) is 0 Å². The fraction of sp³-hybridized carbons (Fsp3) is 0.615. The Balaban J connectivity index is 1.71. The van der Waals surface area contributed by atoms with Gasteiger partial charge in [0.05, 0.1) is 0 Å². The van der Waals surface area contributed by atoms with Gasteiger partial charge in [-0.2, -0.15) is 0 Å². The molecule has 0 aromatic rings. The summed E-state index contributed by atoms with van der Waals surface area (Å²) in [4.78, 5) is 2.92. The van der Waals surface area contributed by atoms with Crippen LogP contribution in [0.4, 0.5) is 0 Å². The number of allylic oxidation sites excluding steroid dienone is 6. The lowest BCUT2D eigenvalue weighted by molar-refractivity contribution is 0.0777. The van der Waals surface area contributed by atoms with Crippen LogP contribution in [0.5, 0.6) is 0 Å². The first kappa shape index (κ1) is 20.4. The second-order valence-corrected chi connectivity index (χ2v) is 8.88. The normalized spacial score (nSPS) is 29.3. The molecule has 0 saturated heterocycles. The van der Waals surface area contributed by atoms with Crippen molar-refractivity contribution in [2.75, 3.05) is 0 Å². The van der Waals surface area contributed by atoms with E-state index in [1.165, 1.54) is 63.4 Å². The first-order chi connectivity index (χ1) is 13.2. The molecular weight excluding hydrogens is 326 g/mol. The van der Waals surface area contributed by atoms with E-state index in [0.717, 1.165) is 12.5 Å². The van der Waals surface area contributed by atoms with Crippen molar-refractivity contribution in [1.29, 1.82) is 0 Å². The monoisotopic (exact) mass is 365 g/mol. The second-order valence-electron chi connectivity index (χ2n) is 8.88. The minimum Gasteiger partial charge on any atom is -0.290 e. The molecule has 0 aliphatic heterocycles. The van der Waals surface area contributed by atoms with E-state index in [0.29, 0.717) is 18.0 Å². The Bertz CT molecular complexity index is 602. The van der Waals surface area contributed by atoms with Gasteiger partial charge >= 0.3 is 0 Å². The zero-order valence-electron chi connectivity index (χ0n) is 17.6. The third-order valence-corrected chi connectivity index (χ3v) is 6.66. The van der Waals surface area contributed by atoms with Crippen molar-refractivity contribution in [3.63, 3.8) is 0 Å². The van der Waals surface area contributed by atoms with E-state index in [2.05, 4.69) is 67.9 Å². The molecule has 27 heavy (non-hydrogen) atoms. The van der Waals surface area contributed by atoms with Crippen LogP contribution in [0, 0.1) is 5.92 Å².